The van der Waals surface area contributed by atoms with E-state index in [1.807, 2.05) is 13.8 Å². The van der Waals surface area contributed by atoms with Crippen LogP contribution in [-0.4, -0.2) is 29.4 Å². The topological polar surface area (TPSA) is 78.5 Å². The predicted octanol–water partition coefficient (Wildman–Crippen LogP) is 0.00560. The van der Waals surface area contributed by atoms with Gasteiger partial charge in [-0.1, -0.05) is 13.8 Å². The van der Waals surface area contributed by atoms with Crippen LogP contribution in [0.5, 0.6) is 0 Å². The molecular formula is C9H15N3O3. The average Bonchev–Trinajstić information content (AvgIpc) is 2.46. The lowest BCUT2D eigenvalue weighted by Gasteiger charge is -2.13. The van der Waals surface area contributed by atoms with E-state index in [1.165, 1.54) is 0 Å². The molecule has 0 saturated carbocycles. The zero-order valence-electron chi connectivity index (χ0n) is 8.87. The molecule has 0 bridgehead atoms. The number of rotatable bonds is 4. The minimum atomic E-state index is -0.571. The van der Waals surface area contributed by atoms with E-state index in [4.69, 9.17) is 0 Å². The van der Waals surface area contributed by atoms with Crippen LogP contribution in [0.15, 0.2) is 0 Å². The zero-order valence-corrected chi connectivity index (χ0v) is 8.87. The Kier molecular flexibility index (Phi) is 3.65. The van der Waals surface area contributed by atoms with Crippen LogP contribution in [-0.2, 0) is 9.59 Å². The highest BCUT2D eigenvalue weighted by Gasteiger charge is 2.29. The molecule has 2 N–H and O–H groups in total. The van der Waals surface area contributed by atoms with Crippen LogP contribution in [0.25, 0.3) is 0 Å². The van der Waals surface area contributed by atoms with Gasteiger partial charge in [0.05, 0.1) is 0 Å². The number of nitrogens with zero attached hydrogens (tertiary/aromatic N) is 1. The number of hydrogen-bond acceptors (Lipinski definition) is 3. The van der Waals surface area contributed by atoms with Gasteiger partial charge in [0.25, 0.3) is 5.91 Å². The van der Waals surface area contributed by atoms with Gasteiger partial charge in [0, 0.05) is 6.42 Å². The fraction of sp³-hybridized carbons (Fsp3) is 0.667. The molecule has 0 aromatic rings. The fourth-order valence-electron chi connectivity index (χ4n) is 1.14. The fourth-order valence-corrected chi connectivity index (χ4v) is 1.14. The predicted molar refractivity (Wildman–Crippen MR) is 52.5 cm³/mol. The molecule has 1 aliphatic rings. The molecule has 6 nitrogen and oxygen atoms in total. The van der Waals surface area contributed by atoms with Crippen molar-refractivity contribution in [3.8, 4) is 0 Å². The Morgan fingerprint density at radius 1 is 1.53 bits per heavy atom. The number of carbonyl (C=O) groups is 3. The van der Waals surface area contributed by atoms with Crippen molar-refractivity contribution in [2.24, 2.45) is 5.92 Å². The highest BCUT2D eigenvalue weighted by Crippen LogP contribution is 2.03. The number of nitrogens with one attached hydrogen (secondary N) is 2. The van der Waals surface area contributed by atoms with Crippen LogP contribution in [0.3, 0.4) is 0 Å². The van der Waals surface area contributed by atoms with Gasteiger partial charge in [-0.3, -0.25) is 15.0 Å². The van der Waals surface area contributed by atoms with Crippen molar-refractivity contribution >= 4 is 17.8 Å². The molecule has 1 rings (SSSR count). The van der Waals surface area contributed by atoms with Crippen LogP contribution >= 0.6 is 0 Å². The van der Waals surface area contributed by atoms with E-state index in [-0.39, 0.29) is 12.5 Å². The second-order valence-corrected chi connectivity index (χ2v) is 3.86. The molecule has 84 valence electrons. The summed E-state index contributed by atoms with van der Waals surface area (Å²) < 4.78 is 0. The molecule has 15 heavy (non-hydrogen) atoms. The number of imide groups is 1. The third-order valence-electron chi connectivity index (χ3n) is 2.03. The minimum absolute atomic E-state index is 0.0523. The second-order valence-electron chi connectivity index (χ2n) is 3.86. The maximum absolute atomic E-state index is 11.3. The number of amides is 4. The standard InChI is InChI=1S/C9H15N3O3/c1-6(2)3-4-7(13)11-12-8(14)5-10-9(12)15/h6H,3-5H2,1-2H3,(H,10,15)(H,11,13). The summed E-state index contributed by atoms with van der Waals surface area (Å²) in [5.74, 6) is -0.328. The molecule has 0 radical (unpaired) electrons. The van der Waals surface area contributed by atoms with Crippen molar-refractivity contribution in [3.05, 3.63) is 0 Å². The van der Waals surface area contributed by atoms with Gasteiger partial charge in [0.2, 0.25) is 5.91 Å². The van der Waals surface area contributed by atoms with E-state index in [0.29, 0.717) is 12.3 Å². The van der Waals surface area contributed by atoms with Gasteiger partial charge in [-0.15, -0.1) is 0 Å². The molecule has 1 heterocycles. The highest BCUT2D eigenvalue weighted by molar-refractivity contribution is 6.03. The first-order chi connectivity index (χ1) is 7.00. The van der Waals surface area contributed by atoms with Crippen LogP contribution in [0.2, 0.25) is 0 Å². The lowest BCUT2D eigenvalue weighted by Crippen LogP contribution is -2.46. The first-order valence-corrected chi connectivity index (χ1v) is 4.91. The summed E-state index contributed by atoms with van der Waals surface area (Å²) in [5, 5.41) is 3.04. The number of carbonyl (C=O) groups excluding carboxylic acids is 3. The van der Waals surface area contributed by atoms with Gasteiger partial charge in [-0.2, -0.15) is 5.01 Å². The lowest BCUT2D eigenvalue weighted by atomic mass is 10.1. The van der Waals surface area contributed by atoms with E-state index in [1.54, 1.807) is 0 Å². The van der Waals surface area contributed by atoms with Crippen molar-refractivity contribution in [3.63, 3.8) is 0 Å². The van der Waals surface area contributed by atoms with Crippen LogP contribution in [0.4, 0.5) is 4.79 Å². The molecule has 0 aromatic carbocycles. The Bertz CT molecular complexity index is 272. The minimum Gasteiger partial charge on any atom is -0.327 e. The smallest absolute Gasteiger partial charge is 0.327 e. The molecule has 6 heteroatoms. The van der Waals surface area contributed by atoms with Crippen LogP contribution < -0.4 is 10.7 Å². The van der Waals surface area contributed by atoms with Gasteiger partial charge < -0.3 is 5.32 Å². The third kappa shape index (κ3) is 3.23. The van der Waals surface area contributed by atoms with Crippen molar-refractivity contribution in [2.75, 3.05) is 6.54 Å². The zero-order chi connectivity index (χ0) is 11.4. The Balaban J connectivity index is 2.37. The van der Waals surface area contributed by atoms with E-state index < -0.39 is 11.9 Å². The SMILES string of the molecule is CC(C)CCC(=O)NN1C(=O)CNC1=O. The van der Waals surface area contributed by atoms with E-state index in [9.17, 15) is 14.4 Å². The van der Waals surface area contributed by atoms with Gasteiger partial charge in [0.1, 0.15) is 6.54 Å². The summed E-state index contributed by atoms with van der Waals surface area (Å²) in [5.41, 5.74) is 2.27. The summed E-state index contributed by atoms with van der Waals surface area (Å²) in [4.78, 5) is 33.4. The molecule has 4 amide bonds. The Hall–Kier alpha value is -1.59. The van der Waals surface area contributed by atoms with Gasteiger partial charge in [-0.25, -0.2) is 4.79 Å². The van der Waals surface area contributed by atoms with E-state index in [2.05, 4.69) is 10.7 Å². The molecule has 0 unspecified atom stereocenters. The monoisotopic (exact) mass is 213 g/mol. The lowest BCUT2D eigenvalue weighted by molar-refractivity contribution is -0.135. The highest BCUT2D eigenvalue weighted by atomic mass is 16.2. The second kappa shape index (κ2) is 4.77. The molecule has 1 saturated heterocycles. The summed E-state index contributed by atoms with van der Waals surface area (Å²) in [6.07, 6.45) is 1.05. The Morgan fingerprint density at radius 2 is 2.20 bits per heavy atom. The quantitative estimate of drug-likeness (QED) is 0.645. The molecule has 1 fully saturated rings. The summed E-state index contributed by atoms with van der Waals surface area (Å²) in [6.45, 7) is 3.95. The molecule has 0 atom stereocenters. The molecule has 0 aliphatic carbocycles. The maximum Gasteiger partial charge on any atom is 0.343 e. The molecule has 0 aromatic heterocycles. The Morgan fingerprint density at radius 3 is 2.67 bits per heavy atom. The largest absolute Gasteiger partial charge is 0.343 e. The first kappa shape index (κ1) is 11.5. The van der Waals surface area contributed by atoms with Gasteiger partial charge >= 0.3 is 6.03 Å². The van der Waals surface area contributed by atoms with Gasteiger partial charge in [0.15, 0.2) is 0 Å². The van der Waals surface area contributed by atoms with Crippen molar-refractivity contribution < 1.29 is 14.4 Å². The summed E-state index contributed by atoms with van der Waals surface area (Å²) >= 11 is 0. The number of hydrogen-bond donors (Lipinski definition) is 2. The molecule has 1 aliphatic heterocycles. The summed E-state index contributed by atoms with van der Waals surface area (Å²) in [6, 6.07) is -0.571. The van der Waals surface area contributed by atoms with E-state index in [0.717, 1.165) is 11.4 Å². The maximum atomic E-state index is 11.3. The van der Waals surface area contributed by atoms with Crippen molar-refractivity contribution in [2.45, 2.75) is 26.7 Å². The third-order valence-corrected chi connectivity index (χ3v) is 2.03. The first-order valence-electron chi connectivity index (χ1n) is 4.91. The van der Waals surface area contributed by atoms with Crippen LogP contribution in [0.1, 0.15) is 26.7 Å². The average molecular weight is 213 g/mol. The normalized spacial score (nSPS) is 15.8. The van der Waals surface area contributed by atoms with Crippen molar-refractivity contribution in [1.82, 2.24) is 15.8 Å². The van der Waals surface area contributed by atoms with Crippen LogP contribution in [0, 0.1) is 5.92 Å². The summed E-state index contributed by atoms with van der Waals surface area (Å²) in [7, 11) is 0. The van der Waals surface area contributed by atoms with E-state index >= 15 is 0 Å². The number of urea groups is 1. The van der Waals surface area contributed by atoms with Gasteiger partial charge in [-0.05, 0) is 12.3 Å². The number of hydrazine groups is 1. The Labute approximate surface area is 88.0 Å². The molecular weight excluding hydrogens is 198 g/mol. The van der Waals surface area contributed by atoms with Crippen molar-refractivity contribution in [1.29, 1.82) is 0 Å². The molecule has 0 spiro atoms.